The monoisotopic (exact) mass is 252 g/mol. The molecule has 5 heteroatoms. The van der Waals surface area contributed by atoms with Crippen LogP contribution in [0.25, 0.3) is 0 Å². The van der Waals surface area contributed by atoms with Gasteiger partial charge in [0.05, 0.1) is 19.3 Å². The van der Waals surface area contributed by atoms with Crippen LogP contribution >= 0.6 is 0 Å². The molecule has 0 radical (unpaired) electrons. The van der Waals surface area contributed by atoms with E-state index in [1.165, 1.54) is 7.11 Å². The number of aldehydes is 1. The molecule has 0 saturated heterocycles. The highest BCUT2D eigenvalue weighted by Gasteiger charge is 2.04. The number of unbranched alkanes of at least 4 members (excludes halogenated alkanes) is 1. The molecule has 0 aromatic heterocycles. The van der Waals surface area contributed by atoms with E-state index in [9.17, 15) is 9.59 Å². The lowest BCUT2D eigenvalue weighted by atomic mass is 10.2. The minimum absolute atomic E-state index is 0.150. The Balaban J connectivity index is 2.43. The lowest BCUT2D eigenvalue weighted by Gasteiger charge is -2.08. The van der Waals surface area contributed by atoms with Crippen LogP contribution < -0.4 is 9.47 Å². The average molecular weight is 252 g/mol. The minimum atomic E-state index is -0.799. The maximum Gasteiger partial charge on any atom is 0.303 e. The summed E-state index contributed by atoms with van der Waals surface area (Å²) in [5, 5.41) is 8.47. The zero-order valence-corrected chi connectivity index (χ0v) is 10.2. The molecular formula is C13H16O5. The summed E-state index contributed by atoms with van der Waals surface area (Å²) in [5.41, 5.74) is 0.468. The van der Waals surface area contributed by atoms with Gasteiger partial charge in [-0.15, -0.1) is 0 Å². The lowest BCUT2D eigenvalue weighted by molar-refractivity contribution is -0.137. The molecule has 0 heterocycles. The molecule has 5 nitrogen and oxygen atoms in total. The van der Waals surface area contributed by atoms with E-state index in [0.29, 0.717) is 36.5 Å². The van der Waals surface area contributed by atoms with Crippen LogP contribution in [0.15, 0.2) is 18.2 Å². The van der Waals surface area contributed by atoms with Gasteiger partial charge in [-0.3, -0.25) is 9.59 Å². The standard InChI is InChI=1S/C13H16O5/c1-17-12-8-11(6-5-10(12)9-14)18-7-3-2-4-13(15)16/h5-6,8-9H,2-4,7H2,1H3,(H,15,16). The zero-order chi connectivity index (χ0) is 13.4. The highest BCUT2D eigenvalue weighted by molar-refractivity contribution is 5.79. The summed E-state index contributed by atoms with van der Waals surface area (Å²) < 4.78 is 10.5. The van der Waals surface area contributed by atoms with Crippen LogP contribution in [0, 0.1) is 0 Å². The Morgan fingerprint density at radius 3 is 2.78 bits per heavy atom. The van der Waals surface area contributed by atoms with Crippen LogP contribution in [0.3, 0.4) is 0 Å². The van der Waals surface area contributed by atoms with Crippen LogP contribution in [0.2, 0.25) is 0 Å². The normalized spacial score (nSPS) is 9.83. The summed E-state index contributed by atoms with van der Waals surface area (Å²) in [6.07, 6.45) is 2.12. The maximum absolute atomic E-state index is 10.7. The predicted molar refractivity (Wildman–Crippen MR) is 65.4 cm³/mol. The first-order chi connectivity index (χ1) is 8.67. The Kier molecular flexibility index (Phi) is 5.70. The van der Waals surface area contributed by atoms with Crippen LogP contribution in [0.1, 0.15) is 29.6 Å². The van der Waals surface area contributed by atoms with Gasteiger partial charge < -0.3 is 14.6 Å². The number of benzene rings is 1. The van der Waals surface area contributed by atoms with Crippen molar-refractivity contribution < 1.29 is 24.2 Å². The average Bonchev–Trinajstić information content (AvgIpc) is 2.37. The summed E-state index contributed by atoms with van der Waals surface area (Å²) in [5.74, 6) is 0.271. The van der Waals surface area contributed by atoms with Crippen LogP contribution in [0.5, 0.6) is 11.5 Å². The van der Waals surface area contributed by atoms with Crippen LogP contribution in [-0.4, -0.2) is 31.1 Å². The summed E-state index contributed by atoms with van der Waals surface area (Å²) >= 11 is 0. The molecule has 0 bridgehead atoms. The molecule has 0 atom stereocenters. The summed E-state index contributed by atoms with van der Waals surface area (Å²) in [6.45, 7) is 0.441. The summed E-state index contributed by atoms with van der Waals surface area (Å²) in [7, 11) is 1.49. The van der Waals surface area contributed by atoms with Gasteiger partial charge in [-0.25, -0.2) is 0 Å². The topological polar surface area (TPSA) is 72.8 Å². The van der Waals surface area contributed by atoms with Gasteiger partial charge >= 0.3 is 5.97 Å². The van der Waals surface area contributed by atoms with Crippen molar-refractivity contribution >= 4 is 12.3 Å². The Morgan fingerprint density at radius 2 is 2.17 bits per heavy atom. The third kappa shape index (κ3) is 4.45. The largest absolute Gasteiger partial charge is 0.496 e. The Hall–Kier alpha value is -2.04. The Morgan fingerprint density at radius 1 is 1.39 bits per heavy atom. The molecule has 0 aliphatic rings. The van der Waals surface area contributed by atoms with Crippen molar-refractivity contribution in [3.05, 3.63) is 23.8 Å². The van der Waals surface area contributed by atoms with Crippen LogP contribution in [-0.2, 0) is 4.79 Å². The molecule has 0 spiro atoms. The number of carboxylic acids is 1. The van der Waals surface area contributed by atoms with Gasteiger partial charge in [0, 0.05) is 12.5 Å². The molecule has 0 fully saturated rings. The molecule has 18 heavy (non-hydrogen) atoms. The highest BCUT2D eigenvalue weighted by Crippen LogP contribution is 2.23. The van der Waals surface area contributed by atoms with Gasteiger partial charge in [0.2, 0.25) is 0 Å². The number of carbonyl (C=O) groups is 2. The van der Waals surface area contributed by atoms with Crippen molar-refractivity contribution in [1.29, 1.82) is 0 Å². The fourth-order valence-electron chi connectivity index (χ4n) is 1.45. The quantitative estimate of drug-likeness (QED) is 0.567. The molecule has 1 N–H and O–H groups in total. The number of rotatable bonds is 8. The lowest BCUT2D eigenvalue weighted by Crippen LogP contribution is -2.01. The SMILES string of the molecule is COc1cc(OCCCCC(=O)O)ccc1C=O. The second-order valence-corrected chi connectivity index (χ2v) is 3.72. The molecule has 98 valence electrons. The molecular weight excluding hydrogens is 236 g/mol. The van der Waals surface area contributed by atoms with Gasteiger partial charge in [-0.05, 0) is 25.0 Å². The molecule has 1 rings (SSSR count). The van der Waals surface area contributed by atoms with Gasteiger partial charge in [0.25, 0.3) is 0 Å². The number of methoxy groups -OCH3 is 1. The summed E-state index contributed by atoms with van der Waals surface area (Å²) in [6, 6.07) is 4.95. The smallest absolute Gasteiger partial charge is 0.303 e. The number of hydrogen-bond acceptors (Lipinski definition) is 4. The van der Waals surface area contributed by atoms with E-state index in [0.717, 1.165) is 6.29 Å². The van der Waals surface area contributed by atoms with Crippen LogP contribution in [0.4, 0.5) is 0 Å². The molecule has 0 saturated carbocycles. The Labute approximate surface area is 105 Å². The van der Waals surface area contributed by atoms with E-state index in [2.05, 4.69) is 0 Å². The highest BCUT2D eigenvalue weighted by atomic mass is 16.5. The van der Waals surface area contributed by atoms with E-state index >= 15 is 0 Å². The van der Waals surface area contributed by atoms with Crippen molar-refractivity contribution in [1.82, 2.24) is 0 Å². The molecule has 1 aromatic carbocycles. The minimum Gasteiger partial charge on any atom is -0.496 e. The first-order valence-electron chi connectivity index (χ1n) is 5.65. The van der Waals surface area contributed by atoms with Gasteiger partial charge in [-0.1, -0.05) is 0 Å². The first-order valence-corrected chi connectivity index (χ1v) is 5.65. The third-order valence-corrected chi connectivity index (χ3v) is 2.39. The van der Waals surface area contributed by atoms with Crippen molar-refractivity contribution in [3.8, 4) is 11.5 Å². The number of carbonyl (C=O) groups excluding carboxylic acids is 1. The molecule has 0 aliphatic heterocycles. The van der Waals surface area contributed by atoms with E-state index in [-0.39, 0.29) is 6.42 Å². The predicted octanol–water partition coefficient (Wildman–Crippen LogP) is 2.14. The number of carboxylic acid groups (broad SMARTS) is 1. The fraction of sp³-hybridized carbons (Fsp3) is 0.385. The van der Waals surface area contributed by atoms with E-state index < -0.39 is 5.97 Å². The third-order valence-electron chi connectivity index (χ3n) is 2.39. The van der Waals surface area contributed by atoms with Crippen molar-refractivity contribution in [3.63, 3.8) is 0 Å². The van der Waals surface area contributed by atoms with E-state index in [4.69, 9.17) is 14.6 Å². The second-order valence-electron chi connectivity index (χ2n) is 3.72. The van der Waals surface area contributed by atoms with Gasteiger partial charge in [0.15, 0.2) is 6.29 Å². The molecule has 0 aliphatic carbocycles. The molecule has 0 amide bonds. The molecule has 0 unspecified atom stereocenters. The maximum atomic E-state index is 10.7. The van der Waals surface area contributed by atoms with Gasteiger partial charge in [-0.2, -0.15) is 0 Å². The van der Waals surface area contributed by atoms with Gasteiger partial charge in [0.1, 0.15) is 11.5 Å². The fourth-order valence-corrected chi connectivity index (χ4v) is 1.45. The first kappa shape index (κ1) is 14.0. The van der Waals surface area contributed by atoms with Crippen molar-refractivity contribution in [2.24, 2.45) is 0 Å². The van der Waals surface area contributed by atoms with E-state index in [1.807, 2.05) is 0 Å². The zero-order valence-electron chi connectivity index (χ0n) is 10.2. The molecule has 1 aromatic rings. The summed E-state index contributed by atoms with van der Waals surface area (Å²) in [4.78, 5) is 21.0. The second kappa shape index (κ2) is 7.32. The Bertz CT molecular complexity index is 414. The van der Waals surface area contributed by atoms with Crippen molar-refractivity contribution in [2.45, 2.75) is 19.3 Å². The number of ether oxygens (including phenoxy) is 2. The van der Waals surface area contributed by atoms with Crippen molar-refractivity contribution in [2.75, 3.05) is 13.7 Å². The van der Waals surface area contributed by atoms with E-state index in [1.54, 1.807) is 18.2 Å². The number of hydrogen-bond donors (Lipinski definition) is 1. The number of aliphatic carboxylic acids is 1.